The molecule has 0 saturated carbocycles. The summed E-state index contributed by atoms with van der Waals surface area (Å²) in [7, 11) is 0. The molecule has 1 aromatic rings. The maximum Gasteiger partial charge on any atom is 0.205 e. The van der Waals surface area contributed by atoms with Gasteiger partial charge in [0, 0.05) is 19.4 Å². The monoisotopic (exact) mass is 182 g/mol. The molecular formula is C10H11FO2. The zero-order valence-electron chi connectivity index (χ0n) is 7.63. The van der Waals surface area contributed by atoms with Crippen molar-refractivity contribution >= 4 is 0 Å². The van der Waals surface area contributed by atoms with Crippen LogP contribution < -0.4 is 4.74 Å². The number of ether oxygens (including phenoxy) is 2. The number of hydrogen-bond acceptors (Lipinski definition) is 2. The molecular weight excluding hydrogens is 171 g/mol. The average molecular weight is 182 g/mol. The van der Waals surface area contributed by atoms with Crippen molar-refractivity contribution in [2.45, 2.75) is 26.2 Å². The van der Waals surface area contributed by atoms with Crippen molar-refractivity contribution in [1.82, 2.24) is 0 Å². The van der Waals surface area contributed by atoms with Crippen LogP contribution in [-0.2, 0) is 11.3 Å². The first-order valence-corrected chi connectivity index (χ1v) is 4.18. The number of hydrogen-bond donors (Lipinski definition) is 0. The van der Waals surface area contributed by atoms with Gasteiger partial charge < -0.3 is 9.47 Å². The molecule has 0 aromatic heterocycles. The lowest BCUT2D eigenvalue weighted by molar-refractivity contribution is -0.180. The Kier molecular flexibility index (Phi) is 1.77. The van der Waals surface area contributed by atoms with Gasteiger partial charge in [-0.05, 0) is 18.2 Å². The van der Waals surface area contributed by atoms with E-state index in [9.17, 15) is 4.39 Å². The summed E-state index contributed by atoms with van der Waals surface area (Å²) in [6.45, 7) is 4.07. The summed E-state index contributed by atoms with van der Waals surface area (Å²) in [5.74, 6) is -0.159. The first-order chi connectivity index (χ1) is 6.07. The van der Waals surface area contributed by atoms with Crippen molar-refractivity contribution in [1.29, 1.82) is 0 Å². The molecule has 1 aromatic carbocycles. The van der Waals surface area contributed by atoms with Crippen LogP contribution in [0.5, 0.6) is 5.75 Å². The smallest absolute Gasteiger partial charge is 0.205 e. The second-order valence-electron chi connectivity index (χ2n) is 3.54. The first kappa shape index (κ1) is 8.51. The number of halogens is 1. The van der Waals surface area contributed by atoms with Crippen LogP contribution in [0.2, 0.25) is 0 Å². The summed E-state index contributed by atoms with van der Waals surface area (Å²) < 4.78 is 23.6. The van der Waals surface area contributed by atoms with E-state index in [0.717, 1.165) is 5.56 Å². The maximum absolute atomic E-state index is 12.8. The third-order valence-corrected chi connectivity index (χ3v) is 1.95. The van der Waals surface area contributed by atoms with Gasteiger partial charge in [-0.2, -0.15) is 0 Å². The van der Waals surface area contributed by atoms with Gasteiger partial charge in [0.05, 0.1) is 6.61 Å². The second-order valence-corrected chi connectivity index (χ2v) is 3.54. The fourth-order valence-corrected chi connectivity index (χ4v) is 1.31. The molecule has 0 bridgehead atoms. The lowest BCUT2D eigenvalue weighted by Crippen LogP contribution is -2.35. The minimum Gasteiger partial charge on any atom is -0.463 e. The van der Waals surface area contributed by atoms with Crippen LogP contribution in [0.3, 0.4) is 0 Å². The summed E-state index contributed by atoms with van der Waals surface area (Å²) in [4.78, 5) is 0. The predicted molar refractivity (Wildman–Crippen MR) is 45.9 cm³/mol. The van der Waals surface area contributed by atoms with E-state index in [1.807, 2.05) is 13.8 Å². The van der Waals surface area contributed by atoms with Crippen LogP contribution in [-0.4, -0.2) is 5.79 Å². The number of fused-ring (bicyclic) bond motifs is 1. The van der Waals surface area contributed by atoms with E-state index < -0.39 is 5.79 Å². The molecule has 13 heavy (non-hydrogen) atoms. The Bertz CT molecular complexity index is 334. The Balaban J connectivity index is 2.37. The van der Waals surface area contributed by atoms with E-state index in [-0.39, 0.29) is 5.82 Å². The normalized spacial score (nSPS) is 19.0. The maximum atomic E-state index is 12.8. The lowest BCUT2D eigenvalue weighted by Gasteiger charge is -2.32. The molecule has 0 N–H and O–H groups in total. The molecule has 0 saturated heterocycles. The molecule has 0 aliphatic carbocycles. The Morgan fingerprint density at radius 3 is 2.92 bits per heavy atom. The lowest BCUT2D eigenvalue weighted by atomic mass is 10.1. The van der Waals surface area contributed by atoms with Gasteiger partial charge in [0.25, 0.3) is 0 Å². The molecule has 2 nitrogen and oxygen atoms in total. The van der Waals surface area contributed by atoms with E-state index in [1.165, 1.54) is 12.1 Å². The number of benzene rings is 1. The molecule has 70 valence electrons. The van der Waals surface area contributed by atoms with Crippen molar-refractivity contribution in [3.05, 3.63) is 29.6 Å². The Morgan fingerprint density at radius 2 is 2.15 bits per heavy atom. The summed E-state index contributed by atoms with van der Waals surface area (Å²) in [5, 5.41) is 0. The highest BCUT2D eigenvalue weighted by molar-refractivity contribution is 5.34. The van der Waals surface area contributed by atoms with E-state index >= 15 is 0 Å². The van der Waals surface area contributed by atoms with Crippen LogP contribution in [0.15, 0.2) is 18.2 Å². The van der Waals surface area contributed by atoms with Gasteiger partial charge in [-0.1, -0.05) is 0 Å². The van der Waals surface area contributed by atoms with E-state index in [2.05, 4.69) is 0 Å². The summed E-state index contributed by atoms with van der Waals surface area (Å²) in [6, 6.07) is 4.46. The largest absolute Gasteiger partial charge is 0.463 e. The van der Waals surface area contributed by atoms with Gasteiger partial charge in [-0.25, -0.2) is 4.39 Å². The zero-order valence-corrected chi connectivity index (χ0v) is 7.63. The van der Waals surface area contributed by atoms with E-state index in [1.54, 1.807) is 6.07 Å². The molecule has 1 aliphatic heterocycles. The van der Waals surface area contributed by atoms with Gasteiger partial charge in [-0.3, -0.25) is 0 Å². The first-order valence-electron chi connectivity index (χ1n) is 4.18. The van der Waals surface area contributed by atoms with Crippen molar-refractivity contribution in [3.63, 3.8) is 0 Å². The Morgan fingerprint density at radius 1 is 1.38 bits per heavy atom. The fraction of sp³-hybridized carbons (Fsp3) is 0.400. The third-order valence-electron chi connectivity index (χ3n) is 1.95. The van der Waals surface area contributed by atoms with Gasteiger partial charge in [-0.15, -0.1) is 0 Å². The van der Waals surface area contributed by atoms with Crippen LogP contribution in [0.4, 0.5) is 4.39 Å². The molecule has 0 amide bonds. The highest BCUT2D eigenvalue weighted by atomic mass is 19.1. The van der Waals surface area contributed by atoms with Crippen molar-refractivity contribution in [2.24, 2.45) is 0 Å². The Hall–Kier alpha value is -1.09. The molecule has 0 unspecified atom stereocenters. The van der Waals surface area contributed by atoms with Crippen LogP contribution in [0, 0.1) is 5.82 Å². The fourth-order valence-electron chi connectivity index (χ4n) is 1.31. The van der Waals surface area contributed by atoms with E-state index in [4.69, 9.17) is 9.47 Å². The van der Waals surface area contributed by atoms with Crippen LogP contribution >= 0.6 is 0 Å². The van der Waals surface area contributed by atoms with E-state index in [0.29, 0.717) is 12.4 Å². The van der Waals surface area contributed by atoms with Crippen LogP contribution in [0.1, 0.15) is 19.4 Å². The van der Waals surface area contributed by atoms with Gasteiger partial charge in [0.1, 0.15) is 11.6 Å². The van der Waals surface area contributed by atoms with Crippen molar-refractivity contribution in [2.75, 3.05) is 0 Å². The summed E-state index contributed by atoms with van der Waals surface area (Å²) in [5.41, 5.74) is 0.763. The molecule has 1 heterocycles. The Labute approximate surface area is 76.3 Å². The topological polar surface area (TPSA) is 18.5 Å². The van der Waals surface area contributed by atoms with Gasteiger partial charge in [0.2, 0.25) is 5.79 Å². The molecule has 3 heteroatoms. The summed E-state index contributed by atoms with van der Waals surface area (Å²) >= 11 is 0. The SMILES string of the molecule is CC1(C)OCc2cc(F)ccc2O1. The predicted octanol–water partition coefficient (Wildman–Crippen LogP) is 2.47. The van der Waals surface area contributed by atoms with Crippen molar-refractivity contribution < 1.29 is 13.9 Å². The average Bonchev–Trinajstić information content (AvgIpc) is 2.05. The summed E-state index contributed by atoms with van der Waals surface area (Å²) in [6.07, 6.45) is 0. The minimum absolute atomic E-state index is 0.259. The second kappa shape index (κ2) is 2.70. The molecule has 1 aliphatic rings. The number of rotatable bonds is 0. The molecule has 0 atom stereocenters. The van der Waals surface area contributed by atoms with Gasteiger partial charge in [0.15, 0.2) is 0 Å². The molecule has 0 fully saturated rings. The van der Waals surface area contributed by atoms with Crippen molar-refractivity contribution in [3.8, 4) is 5.75 Å². The zero-order chi connectivity index (χ0) is 9.47. The molecule has 2 rings (SSSR count). The molecule has 0 spiro atoms. The highest BCUT2D eigenvalue weighted by Crippen LogP contribution is 2.31. The standard InChI is InChI=1S/C10H11FO2/c1-10(2)12-6-7-5-8(11)3-4-9(7)13-10/h3-5H,6H2,1-2H3. The quantitative estimate of drug-likeness (QED) is 0.613. The van der Waals surface area contributed by atoms with Crippen LogP contribution in [0.25, 0.3) is 0 Å². The highest BCUT2D eigenvalue weighted by Gasteiger charge is 2.27. The third kappa shape index (κ3) is 1.65. The minimum atomic E-state index is -0.606. The molecule has 0 radical (unpaired) electrons. The van der Waals surface area contributed by atoms with Gasteiger partial charge >= 0.3 is 0 Å².